The third-order valence-electron chi connectivity index (χ3n) is 2.48. The van der Waals surface area contributed by atoms with Crippen molar-refractivity contribution in [1.82, 2.24) is 9.34 Å². The predicted octanol–water partition coefficient (Wildman–Crippen LogP) is -1.62. The Hall–Kier alpha value is -0.0100. The summed E-state index contributed by atoms with van der Waals surface area (Å²) >= 11 is 0. The van der Waals surface area contributed by atoms with Crippen LogP contribution in [0.2, 0.25) is 0 Å². The van der Waals surface area contributed by atoms with Crippen molar-refractivity contribution in [2.45, 2.75) is 0 Å². The predicted molar refractivity (Wildman–Crippen MR) is 65.0 cm³/mol. The van der Waals surface area contributed by atoms with Gasteiger partial charge in [-0.1, -0.05) is 0 Å². The maximum Gasteiger partial charge on any atom is 0.213 e. The summed E-state index contributed by atoms with van der Waals surface area (Å²) in [6.45, 7) is 1.58. The molecular formula is C9H23N2O5P. The lowest BCUT2D eigenvalue weighted by molar-refractivity contribution is 0.187. The van der Waals surface area contributed by atoms with E-state index >= 15 is 0 Å². The van der Waals surface area contributed by atoms with Crippen molar-refractivity contribution in [2.24, 2.45) is 0 Å². The van der Waals surface area contributed by atoms with Crippen molar-refractivity contribution in [3.8, 4) is 0 Å². The van der Waals surface area contributed by atoms with Gasteiger partial charge < -0.3 is 20.4 Å². The Bertz CT molecular complexity index is 209. The highest BCUT2D eigenvalue weighted by atomic mass is 31.2. The van der Waals surface area contributed by atoms with Gasteiger partial charge in [0.05, 0.1) is 26.4 Å². The lowest BCUT2D eigenvalue weighted by Gasteiger charge is -2.36. The van der Waals surface area contributed by atoms with Crippen LogP contribution in [0.15, 0.2) is 0 Å². The van der Waals surface area contributed by atoms with E-state index in [0.29, 0.717) is 0 Å². The highest BCUT2D eigenvalue weighted by molar-refractivity contribution is 7.58. The zero-order valence-electron chi connectivity index (χ0n) is 10.2. The van der Waals surface area contributed by atoms with Gasteiger partial charge in [-0.25, -0.2) is 9.34 Å². The van der Waals surface area contributed by atoms with Crippen LogP contribution in [0.25, 0.3) is 0 Å². The summed E-state index contributed by atoms with van der Waals surface area (Å²) < 4.78 is 15.6. The molecule has 17 heavy (non-hydrogen) atoms. The second-order valence-electron chi connectivity index (χ2n) is 3.64. The number of hydrogen-bond acceptors (Lipinski definition) is 5. The third-order valence-corrected chi connectivity index (χ3v) is 5.38. The van der Waals surface area contributed by atoms with Crippen molar-refractivity contribution in [2.75, 3.05) is 59.3 Å². The van der Waals surface area contributed by atoms with E-state index in [0.717, 1.165) is 0 Å². The average Bonchev–Trinajstić information content (AvgIpc) is 2.28. The van der Waals surface area contributed by atoms with Crippen LogP contribution in [0.4, 0.5) is 0 Å². The quantitative estimate of drug-likeness (QED) is 0.354. The van der Waals surface area contributed by atoms with E-state index in [-0.39, 0.29) is 52.6 Å². The molecule has 0 radical (unpaired) electrons. The van der Waals surface area contributed by atoms with E-state index in [1.54, 1.807) is 0 Å². The molecule has 0 rings (SSSR count). The molecule has 7 nitrogen and oxygen atoms in total. The SMILES string of the molecule is CP(=O)(N(CCO)CCO)N(CCO)CCO. The van der Waals surface area contributed by atoms with Crippen molar-refractivity contribution in [3.63, 3.8) is 0 Å². The first-order valence-electron chi connectivity index (χ1n) is 5.56. The largest absolute Gasteiger partial charge is 0.395 e. The van der Waals surface area contributed by atoms with Crippen LogP contribution in [-0.2, 0) is 4.57 Å². The van der Waals surface area contributed by atoms with Gasteiger partial charge in [0, 0.05) is 32.8 Å². The van der Waals surface area contributed by atoms with Crippen LogP contribution >= 0.6 is 7.44 Å². The molecule has 0 bridgehead atoms. The molecule has 0 unspecified atom stereocenters. The normalized spacial score (nSPS) is 12.6. The average molecular weight is 270 g/mol. The first-order valence-corrected chi connectivity index (χ1v) is 7.62. The lowest BCUT2D eigenvalue weighted by Crippen LogP contribution is -2.37. The van der Waals surface area contributed by atoms with E-state index < -0.39 is 7.44 Å². The summed E-state index contributed by atoms with van der Waals surface area (Å²) in [4.78, 5) is 0. The van der Waals surface area contributed by atoms with Gasteiger partial charge >= 0.3 is 0 Å². The number of nitrogens with zero attached hydrogens (tertiary/aromatic N) is 2. The highest BCUT2D eigenvalue weighted by Crippen LogP contribution is 2.48. The van der Waals surface area contributed by atoms with Crippen molar-refractivity contribution >= 4 is 7.44 Å². The summed E-state index contributed by atoms with van der Waals surface area (Å²) in [7, 11) is -2.95. The molecule has 0 aromatic rings. The molecule has 0 aliphatic rings. The van der Waals surface area contributed by atoms with Crippen LogP contribution in [0.3, 0.4) is 0 Å². The molecule has 0 aromatic carbocycles. The Morgan fingerprint density at radius 2 is 1.00 bits per heavy atom. The minimum atomic E-state index is -2.95. The van der Waals surface area contributed by atoms with Crippen LogP contribution in [0, 0.1) is 0 Å². The van der Waals surface area contributed by atoms with E-state index in [9.17, 15) is 4.57 Å². The summed E-state index contributed by atoms with van der Waals surface area (Å²) in [5, 5.41) is 35.6. The van der Waals surface area contributed by atoms with Crippen molar-refractivity contribution < 1.29 is 25.0 Å². The molecule has 0 saturated heterocycles. The van der Waals surface area contributed by atoms with Gasteiger partial charge in [0.15, 0.2) is 0 Å². The summed E-state index contributed by atoms with van der Waals surface area (Å²) in [6, 6.07) is 0. The van der Waals surface area contributed by atoms with Gasteiger partial charge in [0.2, 0.25) is 7.44 Å². The van der Waals surface area contributed by atoms with Gasteiger partial charge in [0.25, 0.3) is 0 Å². The zero-order valence-corrected chi connectivity index (χ0v) is 11.1. The number of aliphatic hydroxyl groups is 4. The van der Waals surface area contributed by atoms with Crippen LogP contribution in [0.5, 0.6) is 0 Å². The molecule has 0 aliphatic heterocycles. The van der Waals surface area contributed by atoms with Gasteiger partial charge in [-0.15, -0.1) is 0 Å². The van der Waals surface area contributed by atoms with Crippen LogP contribution in [0.1, 0.15) is 0 Å². The maximum atomic E-state index is 12.6. The van der Waals surface area contributed by atoms with Gasteiger partial charge in [0.1, 0.15) is 0 Å². The molecule has 0 aromatic heterocycles. The zero-order chi connectivity index (χ0) is 13.3. The maximum absolute atomic E-state index is 12.6. The van der Waals surface area contributed by atoms with Gasteiger partial charge in [-0.05, 0) is 0 Å². The summed E-state index contributed by atoms with van der Waals surface area (Å²) in [5.74, 6) is 0. The molecule has 0 heterocycles. The minimum absolute atomic E-state index is 0.163. The molecule has 0 atom stereocenters. The van der Waals surface area contributed by atoms with E-state index in [2.05, 4.69) is 0 Å². The molecule has 0 amide bonds. The second kappa shape index (κ2) is 8.99. The third kappa shape index (κ3) is 5.44. The fourth-order valence-electron chi connectivity index (χ4n) is 1.61. The molecule has 104 valence electrons. The topological polar surface area (TPSA) is 104 Å². The molecule has 0 aliphatic carbocycles. The fraction of sp³-hybridized carbons (Fsp3) is 1.00. The Balaban J connectivity index is 4.78. The standard InChI is InChI=1S/C9H23N2O5P/c1-17(16,10(2-6-12)3-7-13)11(4-8-14)5-9-15/h12-15H,2-9H2,1H3. The van der Waals surface area contributed by atoms with E-state index in [1.165, 1.54) is 16.0 Å². The highest BCUT2D eigenvalue weighted by Gasteiger charge is 2.30. The van der Waals surface area contributed by atoms with Gasteiger partial charge in [-0.3, -0.25) is 4.57 Å². The molecule has 8 heteroatoms. The number of hydrogen-bond donors (Lipinski definition) is 4. The Kier molecular flexibility index (Phi) is 8.99. The van der Waals surface area contributed by atoms with Crippen molar-refractivity contribution in [3.05, 3.63) is 0 Å². The van der Waals surface area contributed by atoms with Gasteiger partial charge in [-0.2, -0.15) is 0 Å². The minimum Gasteiger partial charge on any atom is -0.395 e. The van der Waals surface area contributed by atoms with E-state index in [1.807, 2.05) is 0 Å². The first kappa shape index (κ1) is 17.0. The molecule has 0 saturated carbocycles. The van der Waals surface area contributed by atoms with Crippen LogP contribution < -0.4 is 0 Å². The summed E-state index contributed by atoms with van der Waals surface area (Å²) in [5.41, 5.74) is 0. The monoisotopic (exact) mass is 270 g/mol. The summed E-state index contributed by atoms with van der Waals surface area (Å²) in [6.07, 6.45) is 0. The Labute approximate surface area is 102 Å². The lowest BCUT2D eigenvalue weighted by atomic mass is 10.6. The van der Waals surface area contributed by atoms with Crippen LogP contribution in [-0.4, -0.2) is 89.0 Å². The molecule has 4 N–H and O–H groups in total. The van der Waals surface area contributed by atoms with E-state index in [4.69, 9.17) is 20.4 Å². The Morgan fingerprint density at radius 1 is 0.765 bits per heavy atom. The molecule has 0 fully saturated rings. The first-order chi connectivity index (χ1) is 8.04. The Morgan fingerprint density at radius 3 is 1.18 bits per heavy atom. The number of rotatable bonds is 10. The fourth-order valence-corrected chi connectivity index (χ4v) is 3.81. The molecule has 0 spiro atoms. The smallest absolute Gasteiger partial charge is 0.213 e. The number of aliphatic hydroxyl groups excluding tert-OH is 4. The van der Waals surface area contributed by atoms with Crippen molar-refractivity contribution in [1.29, 1.82) is 0 Å². The molecular weight excluding hydrogens is 247 g/mol. The second-order valence-corrected chi connectivity index (χ2v) is 6.44.